The van der Waals surface area contributed by atoms with E-state index in [4.69, 9.17) is 5.73 Å². The number of alkyl halides is 3. The predicted molar refractivity (Wildman–Crippen MR) is 62.0 cm³/mol. The molecule has 0 bridgehead atoms. The summed E-state index contributed by atoms with van der Waals surface area (Å²) >= 11 is 0. The highest BCUT2D eigenvalue weighted by atomic mass is 19.4. The summed E-state index contributed by atoms with van der Waals surface area (Å²) in [7, 11) is 0. The lowest BCUT2D eigenvalue weighted by Gasteiger charge is -2.09. The molecule has 0 spiro atoms. The Morgan fingerprint density at radius 2 is 1.78 bits per heavy atom. The van der Waals surface area contributed by atoms with Crippen molar-refractivity contribution in [2.45, 2.75) is 12.6 Å². The van der Waals surface area contributed by atoms with Gasteiger partial charge in [0.2, 0.25) is 0 Å². The Bertz CT molecular complexity index is 390. The first-order valence-electron chi connectivity index (χ1n) is 5.30. The number of rotatable bonds is 4. The van der Waals surface area contributed by atoms with E-state index in [9.17, 15) is 18.0 Å². The summed E-state index contributed by atoms with van der Waals surface area (Å²) in [5.41, 5.74) is 7.08. The molecule has 7 heteroatoms. The summed E-state index contributed by atoms with van der Waals surface area (Å²) in [6.45, 7) is -1.08. The molecular weight excluding hydrogens is 247 g/mol. The minimum Gasteiger partial charge on any atom is -0.399 e. The zero-order chi connectivity index (χ0) is 13.6. The summed E-state index contributed by atoms with van der Waals surface area (Å²) in [6, 6.07) is 6.20. The standard InChI is InChI=1S/C11H14F3N3O/c12-11(13,14)7-17-10(18)16-6-5-8-1-3-9(15)4-2-8/h1-4H,5-7,15H2,(H2,16,17,18). The number of urea groups is 1. The molecule has 18 heavy (non-hydrogen) atoms. The van der Waals surface area contributed by atoms with Crippen LogP contribution in [0.3, 0.4) is 0 Å². The molecule has 2 amide bonds. The van der Waals surface area contributed by atoms with Gasteiger partial charge in [-0.1, -0.05) is 12.1 Å². The average Bonchev–Trinajstić information content (AvgIpc) is 2.28. The highest BCUT2D eigenvalue weighted by molar-refractivity contribution is 5.73. The van der Waals surface area contributed by atoms with Gasteiger partial charge in [-0.25, -0.2) is 4.79 Å². The van der Waals surface area contributed by atoms with Gasteiger partial charge in [-0.15, -0.1) is 0 Å². The van der Waals surface area contributed by atoms with Crippen molar-refractivity contribution in [1.29, 1.82) is 0 Å². The van der Waals surface area contributed by atoms with Gasteiger partial charge < -0.3 is 16.4 Å². The van der Waals surface area contributed by atoms with Crippen LogP contribution in [0.1, 0.15) is 5.56 Å². The quantitative estimate of drug-likeness (QED) is 0.722. The number of carbonyl (C=O) groups is 1. The second-order valence-corrected chi connectivity index (χ2v) is 3.72. The number of halogens is 3. The van der Waals surface area contributed by atoms with Gasteiger partial charge in [-0.2, -0.15) is 13.2 Å². The molecule has 0 aliphatic rings. The number of nitrogens with one attached hydrogen (secondary N) is 2. The maximum absolute atomic E-state index is 11.8. The topological polar surface area (TPSA) is 67.1 Å². The maximum atomic E-state index is 11.8. The molecule has 0 unspecified atom stereocenters. The molecule has 1 aromatic rings. The molecule has 4 N–H and O–H groups in total. The Labute approximate surface area is 102 Å². The van der Waals surface area contributed by atoms with Crippen LogP contribution in [0.15, 0.2) is 24.3 Å². The fourth-order valence-electron chi connectivity index (χ4n) is 1.25. The van der Waals surface area contributed by atoms with E-state index in [2.05, 4.69) is 5.32 Å². The molecule has 0 aromatic heterocycles. The Morgan fingerprint density at radius 3 is 2.33 bits per heavy atom. The van der Waals surface area contributed by atoms with Crippen molar-refractivity contribution in [1.82, 2.24) is 10.6 Å². The maximum Gasteiger partial charge on any atom is 0.405 e. The largest absolute Gasteiger partial charge is 0.405 e. The Balaban J connectivity index is 2.21. The third kappa shape index (κ3) is 5.97. The third-order valence-electron chi connectivity index (χ3n) is 2.13. The minimum atomic E-state index is -4.39. The minimum absolute atomic E-state index is 0.258. The van der Waals surface area contributed by atoms with E-state index < -0.39 is 18.8 Å². The van der Waals surface area contributed by atoms with E-state index in [1.165, 1.54) is 0 Å². The SMILES string of the molecule is Nc1ccc(CCNC(=O)NCC(F)(F)F)cc1. The lowest BCUT2D eigenvalue weighted by atomic mass is 10.1. The summed E-state index contributed by atoms with van der Waals surface area (Å²) in [5, 5.41) is 4.06. The van der Waals surface area contributed by atoms with E-state index >= 15 is 0 Å². The first-order valence-corrected chi connectivity index (χ1v) is 5.30. The number of benzene rings is 1. The monoisotopic (exact) mass is 261 g/mol. The van der Waals surface area contributed by atoms with Crippen LogP contribution in [0.25, 0.3) is 0 Å². The van der Waals surface area contributed by atoms with Crippen molar-refractivity contribution in [2.24, 2.45) is 0 Å². The molecule has 0 heterocycles. The first kappa shape index (κ1) is 14.1. The van der Waals surface area contributed by atoms with Crippen LogP contribution in [0, 0.1) is 0 Å². The van der Waals surface area contributed by atoms with Gasteiger partial charge in [0.25, 0.3) is 0 Å². The lowest BCUT2D eigenvalue weighted by Crippen LogP contribution is -2.41. The molecule has 1 rings (SSSR count). The molecular formula is C11H14F3N3O. The lowest BCUT2D eigenvalue weighted by molar-refractivity contribution is -0.122. The fourth-order valence-corrected chi connectivity index (χ4v) is 1.25. The Kier molecular flexibility index (Phi) is 4.82. The van der Waals surface area contributed by atoms with E-state index in [0.717, 1.165) is 5.56 Å². The number of carbonyl (C=O) groups excluding carboxylic acids is 1. The molecule has 0 saturated heterocycles. The predicted octanol–water partition coefficient (Wildman–Crippen LogP) is 1.67. The molecule has 100 valence electrons. The number of hydrogen-bond acceptors (Lipinski definition) is 2. The van der Waals surface area contributed by atoms with Gasteiger partial charge in [-0.05, 0) is 24.1 Å². The Morgan fingerprint density at radius 1 is 1.17 bits per heavy atom. The van der Waals surface area contributed by atoms with Gasteiger partial charge in [0.05, 0.1) is 0 Å². The van der Waals surface area contributed by atoms with Crippen molar-refractivity contribution in [3.05, 3.63) is 29.8 Å². The van der Waals surface area contributed by atoms with Crippen LogP contribution in [-0.2, 0) is 6.42 Å². The number of amides is 2. The van der Waals surface area contributed by atoms with Crippen molar-refractivity contribution in [3.63, 3.8) is 0 Å². The van der Waals surface area contributed by atoms with E-state index in [1.54, 1.807) is 29.6 Å². The fraction of sp³-hybridized carbons (Fsp3) is 0.364. The van der Waals surface area contributed by atoms with Crippen LogP contribution in [0.2, 0.25) is 0 Å². The summed E-state index contributed by atoms with van der Waals surface area (Å²) < 4.78 is 35.4. The van der Waals surface area contributed by atoms with Gasteiger partial charge in [0.15, 0.2) is 0 Å². The zero-order valence-electron chi connectivity index (χ0n) is 9.55. The van der Waals surface area contributed by atoms with Crippen LogP contribution < -0.4 is 16.4 Å². The highest BCUT2D eigenvalue weighted by Gasteiger charge is 2.27. The third-order valence-corrected chi connectivity index (χ3v) is 2.13. The zero-order valence-corrected chi connectivity index (χ0v) is 9.55. The van der Waals surface area contributed by atoms with E-state index in [-0.39, 0.29) is 6.54 Å². The van der Waals surface area contributed by atoms with Crippen LogP contribution in [0.4, 0.5) is 23.7 Å². The molecule has 4 nitrogen and oxygen atoms in total. The van der Waals surface area contributed by atoms with Crippen molar-refractivity contribution in [2.75, 3.05) is 18.8 Å². The molecule has 0 radical (unpaired) electrons. The van der Waals surface area contributed by atoms with Gasteiger partial charge in [0, 0.05) is 12.2 Å². The van der Waals surface area contributed by atoms with Gasteiger partial charge in [0.1, 0.15) is 6.54 Å². The second kappa shape index (κ2) is 6.13. The average molecular weight is 261 g/mol. The first-order chi connectivity index (χ1) is 8.37. The van der Waals surface area contributed by atoms with E-state index in [0.29, 0.717) is 12.1 Å². The number of hydrogen-bond donors (Lipinski definition) is 3. The second-order valence-electron chi connectivity index (χ2n) is 3.72. The van der Waals surface area contributed by atoms with Crippen molar-refractivity contribution < 1.29 is 18.0 Å². The summed E-state index contributed by atoms with van der Waals surface area (Å²) in [5.74, 6) is 0. The molecule has 0 aliphatic carbocycles. The number of nitrogens with two attached hydrogens (primary N) is 1. The normalized spacial score (nSPS) is 11.1. The molecule has 0 saturated carbocycles. The summed E-state index contributed by atoms with van der Waals surface area (Å²) in [6.07, 6.45) is -3.87. The van der Waals surface area contributed by atoms with Gasteiger partial charge in [-0.3, -0.25) is 0 Å². The molecule has 0 atom stereocenters. The van der Waals surface area contributed by atoms with Crippen molar-refractivity contribution in [3.8, 4) is 0 Å². The molecule has 1 aromatic carbocycles. The molecule has 0 aliphatic heterocycles. The van der Waals surface area contributed by atoms with Crippen LogP contribution in [-0.4, -0.2) is 25.3 Å². The smallest absolute Gasteiger partial charge is 0.399 e. The molecule has 0 fully saturated rings. The number of nitrogen functional groups attached to an aromatic ring is 1. The van der Waals surface area contributed by atoms with E-state index in [1.807, 2.05) is 0 Å². The van der Waals surface area contributed by atoms with Crippen LogP contribution >= 0.6 is 0 Å². The summed E-state index contributed by atoms with van der Waals surface area (Å²) in [4.78, 5) is 11.0. The highest BCUT2D eigenvalue weighted by Crippen LogP contribution is 2.11. The van der Waals surface area contributed by atoms with Crippen LogP contribution in [0.5, 0.6) is 0 Å². The number of anilines is 1. The van der Waals surface area contributed by atoms with Crippen molar-refractivity contribution >= 4 is 11.7 Å². The Hall–Kier alpha value is -1.92. The van der Waals surface area contributed by atoms with Gasteiger partial charge >= 0.3 is 12.2 Å².